The fraction of sp³-hybridized carbons (Fsp3) is 0.409. The summed E-state index contributed by atoms with van der Waals surface area (Å²) in [6.45, 7) is 2.73. The number of nitrogens with zero attached hydrogens (tertiary/aromatic N) is 5. The Bertz CT molecular complexity index is 1100. The lowest BCUT2D eigenvalue weighted by Crippen LogP contribution is -2.14. The Kier molecular flexibility index (Phi) is 6.99. The number of pyridine rings is 1. The minimum Gasteiger partial charge on any atom is -0.316 e. The maximum atomic E-state index is 12.7. The molecular weight excluding hydrogens is 428 g/mol. The molecule has 0 aliphatic heterocycles. The van der Waals surface area contributed by atoms with E-state index < -0.39 is 0 Å². The quantitative estimate of drug-likeness (QED) is 0.545. The van der Waals surface area contributed by atoms with E-state index in [1.54, 1.807) is 23.7 Å². The molecule has 160 valence electrons. The van der Waals surface area contributed by atoms with Crippen molar-refractivity contribution >= 4 is 34.0 Å². The average Bonchev–Trinajstić information content (AvgIpc) is 3.33. The SMILES string of the molecule is CCn1c(SCC(=O)Nc2sc3c(c2C#N)CCCCCC3)nnc1-c1ccncc1. The molecule has 0 bridgehead atoms. The van der Waals surface area contributed by atoms with E-state index in [0.29, 0.717) is 22.3 Å². The first kappa shape index (κ1) is 21.5. The lowest BCUT2D eigenvalue weighted by Gasteiger charge is -2.08. The zero-order valence-corrected chi connectivity index (χ0v) is 19.1. The molecule has 3 aromatic rings. The number of anilines is 1. The Hall–Kier alpha value is -2.70. The number of fused-ring (bicyclic) bond motifs is 1. The van der Waals surface area contributed by atoms with Crippen LogP contribution in [0.2, 0.25) is 0 Å². The maximum absolute atomic E-state index is 12.7. The number of rotatable bonds is 6. The van der Waals surface area contributed by atoms with E-state index in [1.165, 1.54) is 29.5 Å². The fourth-order valence-corrected chi connectivity index (χ4v) is 5.87. The van der Waals surface area contributed by atoms with E-state index in [-0.39, 0.29) is 11.7 Å². The summed E-state index contributed by atoms with van der Waals surface area (Å²) in [5, 5.41) is 22.6. The van der Waals surface area contributed by atoms with Crippen LogP contribution in [0.5, 0.6) is 0 Å². The normalized spacial score (nSPS) is 13.7. The summed E-state index contributed by atoms with van der Waals surface area (Å²) in [6, 6.07) is 6.11. The van der Waals surface area contributed by atoms with Crippen LogP contribution in [0.1, 0.15) is 48.6 Å². The molecule has 3 aromatic heterocycles. The number of amides is 1. The molecule has 9 heteroatoms. The van der Waals surface area contributed by atoms with Crippen molar-refractivity contribution < 1.29 is 4.79 Å². The number of hydrogen-bond acceptors (Lipinski definition) is 7. The Morgan fingerprint density at radius 1 is 1.23 bits per heavy atom. The zero-order chi connectivity index (χ0) is 21.6. The van der Waals surface area contributed by atoms with Crippen molar-refractivity contribution in [2.24, 2.45) is 0 Å². The van der Waals surface area contributed by atoms with Gasteiger partial charge in [-0.2, -0.15) is 5.26 Å². The van der Waals surface area contributed by atoms with Crippen molar-refractivity contribution in [1.82, 2.24) is 19.7 Å². The molecule has 1 N–H and O–H groups in total. The van der Waals surface area contributed by atoms with E-state index in [0.717, 1.165) is 42.6 Å². The van der Waals surface area contributed by atoms with Gasteiger partial charge in [0.2, 0.25) is 5.91 Å². The van der Waals surface area contributed by atoms with Crippen LogP contribution >= 0.6 is 23.1 Å². The van der Waals surface area contributed by atoms with Gasteiger partial charge >= 0.3 is 0 Å². The van der Waals surface area contributed by atoms with Gasteiger partial charge in [-0.1, -0.05) is 24.6 Å². The summed E-state index contributed by atoms with van der Waals surface area (Å²) in [5.41, 5.74) is 2.73. The number of nitrogens with one attached hydrogen (secondary N) is 1. The number of hydrogen-bond donors (Lipinski definition) is 1. The van der Waals surface area contributed by atoms with Gasteiger partial charge in [0, 0.05) is 29.4 Å². The van der Waals surface area contributed by atoms with E-state index in [4.69, 9.17) is 0 Å². The van der Waals surface area contributed by atoms with E-state index >= 15 is 0 Å². The molecule has 0 fully saturated rings. The molecule has 0 radical (unpaired) electrons. The molecule has 1 amide bonds. The van der Waals surface area contributed by atoms with Gasteiger partial charge in [-0.05, 0) is 50.3 Å². The van der Waals surface area contributed by atoms with Crippen molar-refractivity contribution in [1.29, 1.82) is 5.26 Å². The summed E-state index contributed by atoms with van der Waals surface area (Å²) in [6.07, 6.45) is 10.1. The Morgan fingerprint density at radius 2 is 2.00 bits per heavy atom. The van der Waals surface area contributed by atoms with Gasteiger partial charge in [0.05, 0.1) is 11.3 Å². The third kappa shape index (κ3) is 4.81. The van der Waals surface area contributed by atoms with Crippen LogP contribution < -0.4 is 5.32 Å². The Balaban J connectivity index is 1.45. The van der Waals surface area contributed by atoms with Crippen LogP contribution in [0.25, 0.3) is 11.4 Å². The van der Waals surface area contributed by atoms with Crippen LogP contribution in [0.4, 0.5) is 5.00 Å². The molecule has 7 nitrogen and oxygen atoms in total. The number of carbonyl (C=O) groups is 1. The third-order valence-electron chi connectivity index (χ3n) is 5.34. The van der Waals surface area contributed by atoms with Gasteiger partial charge in [0.1, 0.15) is 11.1 Å². The van der Waals surface area contributed by atoms with Gasteiger partial charge in [0.25, 0.3) is 0 Å². The number of nitriles is 1. The molecule has 0 spiro atoms. The first-order chi connectivity index (χ1) is 15.2. The summed E-state index contributed by atoms with van der Waals surface area (Å²) in [7, 11) is 0. The number of carbonyl (C=O) groups excluding carboxylic acids is 1. The van der Waals surface area contributed by atoms with E-state index in [1.807, 2.05) is 23.6 Å². The summed E-state index contributed by atoms with van der Waals surface area (Å²) in [4.78, 5) is 18.0. The minimum absolute atomic E-state index is 0.133. The van der Waals surface area contributed by atoms with E-state index in [2.05, 4.69) is 26.6 Å². The molecule has 0 unspecified atom stereocenters. The molecule has 1 aliphatic carbocycles. The van der Waals surface area contributed by atoms with Crippen LogP contribution in [0.15, 0.2) is 29.7 Å². The van der Waals surface area contributed by atoms with Crippen LogP contribution in [-0.2, 0) is 24.2 Å². The second-order valence-corrected chi connectivity index (χ2v) is 9.40. The largest absolute Gasteiger partial charge is 0.316 e. The lowest BCUT2D eigenvalue weighted by molar-refractivity contribution is -0.113. The highest BCUT2D eigenvalue weighted by Crippen LogP contribution is 2.36. The minimum atomic E-state index is -0.133. The average molecular weight is 453 g/mol. The first-order valence-electron chi connectivity index (χ1n) is 10.5. The van der Waals surface area contributed by atoms with Gasteiger partial charge in [-0.25, -0.2) is 0 Å². The molecule has 1 aliphatic rings. The van der Waals surface area contributed by atoms with Crippen LogP contribution in [0, 0.1) is 11.3 Å². The molecular formula is C22H24N6OS2. The molecule has 0 atom stereocenters. The predicted octanol–water partition coefficient (Wildman–Crippen LogP) is 4.68. The van der Waals surface area contributed by atoms with Crippen molar-refractivity contribution in [2.45, 2.75) is 57.1 Å². The topological polar surface area (TPSA) is 96.5 Å². The second-order valence-electron chi connectivity index (χ2n) is 7.36. The van der Waals surface area contributed by atoms with Crippen LogP contribution in [-0.4, -0.2) is 31.4 Å². The zero-order valence-electron chi connectivity index (χ0n) is 17.4. The Labute approximate surface area is 189 Å². The fourth-order valence-electron chi connectivity index (χ4n) is 3.81. The van der Waals surface area contributed by atoms with Crippen LogP contribution in [0.3, 0.4) is 0 Å². The van der Waals surface area contributed by atoms with Gasteiger partial charge in [-0.15, -0.1) is 21.5 Å². The molecule has 0 aromatic carbocycles. The lowest BCUT2D eigenvalue weighted by atomic mass is 9.97. The van der Waals surface area contributed by atoms with E-state index in [9.17, 15) is 10.1 Å². The second kappa shape index (κ2) is 10.1. The first-order valence-corrected chi connectivity index (χ1v) is 12.3. The molecule has 0 saturated heterocycles. The number of aryl methyl sites for hydroxylation is 1. The molecule has 3 heterocycles. The molecule has 0 saturated carbocycles. The van der Waals surface area contributed by atoms with Gasteiger partial charge in [-0.3, -0.25) is 9.78 Å². The summed E-state index contributed by atoms with van der Waals surface area (Å²) < 4.78 is 1.99. The summed E-state index contributed by atoms with van der Waals surface area (Å²) >= 11 is 2.92. The van der Waals surface area contributed by atoms with Gasteiger partial charge < -0.3 is 9.88 Å². The number of thioether (sulfide) groups is 1. The number of aromatic nitrogens is 4. The molecule has 31 heavy (non-hydrogen) atoms. The number of thiophene rings is 1. The van der Waals surface area contributed by atoms with Crippen molar-refractivity contribution in [3.63, 3.8) is 0 Å². The van der Waals surface area contributed by atoms with Gasteiger partial charge in [0.15, 0.2) is 11.0 Å². The highest BCUT2D eigenvalue weighted by molar-refractivity contribution is 7.99. The highest BCUT2D eigenvalue weighted by atomic mass is 32.2. The van der Waals surface area contributed by atoms with Crippen molar-refractivity contribution in [3.05, 3.63) is 40.5 Å². The molecule has 4 rings (SSSR count). The third-order valence-corrected chi connectivity index (χ3v) is 7.51. The smallest absolute Gasteiger partial charge is 0.235 e. The summed E-state index contributed by atoms with van der Waals surface area (Å²) in [5.74, 6) is 0.839. The highest BCUT2D eigenvalue weighted by Gasteiger charge is 2.21. The Morgan fingerprint density at radius 3 is 2.74 bits per heavy atom. The predicted molar refractivity (Wildman–Crippen MR) is 123 cm³/mol. The standard InChI is InChI=1S/C22H24N6OS2/c1-2-28-20(15-9-11-24-12-10-15)26-27-22(28)30-14-19(29)25-21-17(13-23)16-7-5-3-4-6-8-18(16)31-21/h9-12H,2-8,14H2,1H3,(H,25,29). The maximum Gasteiger partial charge on any atom is 0.235 e. The monoisotopic (exact) mass is 452 g/mol. The van der Waals surface area contributed by atoms with Crippen molar-refractivity contribution in [3.8, 4) is 17.5 Å². The van der Waals surface area contributed by atoms with Crippen molar-refractivity contribution in [2.75, 3.05) is 11.1 Å².